The normalized spacial score (nSPS) is 12.0. The molecule has 0 fully saturated rings. The minimum atomic E-state index is -4.76. The number of anilines is 2. The monoisotopic (exact) mass is 413 g/mol. The second-order valence-corrected chi connectivity index (χ2v) is 7.60. The number of hydrogen-bond donors (Lipinski definition) is 1. The number of ether oxygens (including phenoxy) is 1. The minimum Gasteiger partial charge on any atom is -0.406 e. The first kappa shape index (κ1) is 19.6. The summed E-state index contributed by atoms with van der Waals surface area (Å²) < 4.78 is 64.9. The molecule has 0 aliphatic carbocycles. The number of nitrogens with zero attached hydrogens (tertiary/aromatic N) is 4. The molecular weight excluding hydrogens is 399 g/mol. The highest BCUT2D eigenvalue weighted by Crippen LogP contribution is 2.26. The first-order chi connectivity index (χ1) is 13.2. The van der Waals surface area contributed by atoms with Crippen molar-refractivity contribution in [3.8, 4) is 17.0 Å². The van der Waals surface area contributed by atoms with E-state index in [0.717, 1.165) is 16.2 Å². The van der Waals surface area contributed by atoms with Crippen molar-refractivity contribution in [2.45, 2.75) is 13.3 Å². The Morgan fingerprint density at radius 2 is 1.89 bits per heavy atom. The van der Waals surface area contributed by atoms with E-state index >= 15 is 0 Å². The molecule has 3 aromatic rings. The smallest absolute Gasteiger partial charge is 0.406 e. The van der Waals surface area contributed by atoms with Crippen LogP contribution in [0.4, 0.5) is 24.7 Å². The van der Waals surface area contributed by atoms with E-state index in [1.54, 1.807) is 6.07 Å². The fourth-order valence-corrected chi connectivity index (χ4v) is 2.92. The standard InChI is InChI=1S/C16H14F3N5O3S/c1-2-28(25,26)24-9-11(8-22-24)14-7-15(21-10-20-14)23-12-3-5-13(6-4-12)27-16(17,18)19/h3-10H,2H2,1H3,(H,20,21,23). The van der Waals surface area contributed by atoms with Crippen LogP contribution in [0.25, 0.3) is 11.3 Å². The summed E-state index contributed by atoms with van der Waals surface area (Å²) in [6.07, 6.45) is -0.784. The first-order valence-corrected chi connectivity index (χ1v) is 9.50. The molecule has 0 aliphatic heterocycles. The predicted octanol–water partition coefficient (Wildman–Crippen LogP) is 3.18. The average Bonchev–Trinajstić information content (AvgIpc) is 3.14. The van der Waals surface area contributed by atoms with Gasteiger partial charge in [-0.2, -0.15) is 9.19 Å². The molecule has 8 nitrogen and oxygen atoms in total. The Kier molecular flexibility index (Phi) is 5.23. The van der Waals surface area contributed by atoms with Crippen LogP contribution in [0.1, 0.15) is 6.92 Å². The molecule has 0 spiro atoms. The van der Waals surface area contributed by atoms with Gasteiger partial charge in [0.2, 0.25) is 0 Å². The maximum Gasteiger partial charge on any atom is 0.573 e. The zero-order valence-electron chi connectivity index (χ0n) is 14.4. The van der Waals surface area contributed by atoms with Gasteiger partial charge in [0.1, 0.15) is 17.9 Å². The van der Waals surface area contributed by atoms with E-state index in [4.69, 9.17) is 0 Å². The lowest BCUT2D eigenvalue weighted by atomic mass is 10.2. The van der Waals surface area contributed by atoms with Crippen molar-refractivity contribution >= 4 is 21.5 Å². The molecule has 1 N–H and O–H groups in total. The lowest BCUT2D eigenvalue weighted by Gasteiger charge is -2.10. The fraction of sp³-hybridized carbons (Fsp3) is 0.188. The quantitative estimate of drug-likeness (QED) is 0.663. The molecule has 0 saturated heterocycles. The Labute approximate surface area is 158 Å². The maximum atomic E-state index is 12.2. The second-order valence-electron chi connectivity index (χ2n) is 5.49. The highest BCUT2D eigenvalue weighted by Gasteiger charge is 2.30. The Hall–Kier alpha value is -3.15. The Morgan fingerprint density at radius 3 is 2.54 bits per heavy atom. The number of benzene rings is 1. The molecule has 0 unspecified atom stereocenters. The summed E-state index contributed by atoms with van der Waals surface area (Å²) in [4.78, 5) is 8.12. The molecule has 3 rings (SSSR count). The summed E-state index contributed by atoms with van der Waals surface area (Å²) in [7, 11) is -3.51. The molecular formula is C16H14F3N5O3S. The number of nitrogens with one attached hydrogen (secondary N) is 1. The molecule has 12 heteroatoms. The summed E-state index contributed by atoms with van der Waals surface area (Å²) in [6.45, 7) is 1.51. The van der Waals surface area contributed by atoms with Crippen molar-refractivity contribution < 1.29 is 26.3 Å². The zero-order chi connectivity index (χ0) is 20.4. The average molecular weight is 413 g/mol. The van der Waals surface area contributed by atoms with E-state index in [-0.39, 0.29) is 11.5 Å². The summed E-state index contributed by atoms with van der Waals surface area (Å²) in [5.41, 5.74) is 1.37. The number of aromatic nitrogens is 4. The van der Waals surface area contributed by atoms with Crippen molar-refractivity contribution in [1.29, 1.82) is 0 Å². The van der Waals surface area contributed by atoms with E-state index in [1.165, 1.54) is 37.8 Å². The Bertz CT molecular complexity index is 1070. The van der Waals surface area contributed by atoms with Crippen LogP contribution in [-0.4, -0.2) is 39.7 Å². The van der Waals surface area contributed by atoms with Gasteiger partial charge in [-0.1, -0.05) is 0 Å². The largest absolute Gasteiger partial charge is 0.573 e. The van der Waals surface area contributed by atoms with Crippen LogP contribution in [0, 0.1) is 0 Å². The zero-order valence-corrected chi connectivity index (χ0v) is 15.2. The molecule has 28 heavy (non-hydrogen) atoms. The lowest BCUT2D eigenvalue weighted by molar-refractivity contribution is -0.274. The second kappa shape index (κ2) is 7.46. The number of hydrogen-bond acceptors (Lipinski definition) is 7. The fourth-order valence-electron chi connectivity index (χ4n) is 2.19. The van der Waals surface area contributed by atoms with Crippen LogP contribution in [0.3, 0.4) is 0 Å². The van der Waals surface area contributed by atoms with Gasteiger partial charge in [-0.25, -0.2) is 18.4 Å². The van der Waals surface area contributed by atoms with Crippen LogP contribution in [0.15, 0.2) is 49.1 Å². The lowest BCUT2D eigenvalue weighted by Crippen LogP contribution is -2.16. The third-order valence-corrected chi connectivity index (χ3v) is 5.03. The van der Waals surface area contributed by atoms with Gasteiger partial charge < -0.3 is 10.1 Å². The number of alkyl halides is 3. The summed E-state index contributed by atoms with van der Waals surface area (Å²) in [5, 5.41) is 6.75. The van der Waals surface area contributed by atoms with E-state index in [0.29, 0.717) is 22.8 Å². The molecule has 2 heterocycles. The van der Waals surface area contributed by atoms with E-state index in [1.807, 2.05) is 0 Å². The van der Waals surface area contributed by atoms with Crippen molar-refractivity contribution in [2.24, 2.45) is 0 Å². The predicted molar refractivity (Wildman–Crippen MR) is 94.5 cm³/mol. The molecule has 0 amide bonds. The van der Waals surface area contributed by atoms with E-state index < -0.39 is 16.4 Å². The van der Waals surface area contributed by atoms with Gasteiger partial charge in [0, 0.05) is 17.3 Å². The Balaban J connectivity index is 1.77. The van der Waals surface area contributed by atoms with Crippen LogP contribution >= 0.6 is 0 Å². The summed E-state index contributed by atoms with van der Waals surface area (Å²) in [5.74, 6) is -0.0785. The molecule has 148 valence electrons. The van der Waals surface area contributed by atoms with Crippen LogP contribution in [0.5, 0.6) is 5.75 Å². The van der Waals surface area contributed by atoms with Gasteiger partial charge in [0.25, 0.3) is 10.0 Å². The van der Waals surface area contributed by atoms with Crippen molar-refractivity contribution in [3.05, 3.63) is 49.1 Å². The van der Waals surface area contributed by atoms with E-state index in [9.17, 15) is 21.6 Å². The van der Waals surface area contributed by atoms with Gasteiger partial charge in [0.05, 0.1) is 23.8 Å². The number of halogens is 3. The third-order valence-electron chi connectivity index (χ3n) is 3.53. The molecule has 0 bridgehead atoms. The van der Waals surface area contributed by atoms with Crippen LogP contribution in [-0.2, 0) is 10.0 Å². The summed E-state index contributed by atoms with van der Waals surface area (Å²) in [6, 6.07) is 6.68. The van der Waals surface area contributed by atoms with Gasteiger partial charge in [0.15, 0.2) is 0 Å². The SMILES string of the molecule is CCS(=O)(=O)n1cc(-c2cc(Nc3ccc(OC(F)(F)F)cc3)ncn2)cn1. The van der Waals surface area contributed by atoms with Gasteiger partial charge in [-0.15, -0.1) is 13.2 Å². The topological polar surface area (TPSA) is 99.0 Å². The van der Waals surface area contributed by atoms with Crippen LogP contribution < -0.4 is 10.1 Å². The molecule has 0 saturated carbocycles. The maximum absolute atomic E-state index is 12.2. The van der Waals surface area contributed by atoms with Gasteiger partial charge >= 0.3 is 6.36 Å². The minimum absolute atomic E-state index is 0.0985. The Morgan fingerprint density at radius 1 is 1.18 bits per heavy atom. The summed E-state index contributed by atoms with van der Waals surface area (Å²) >= 11 is 0. The third kappa shape index (κ3) is 4.76. The molecule has 2 aromatic heterocycles. The molecule has 0 radical (unpaired) electrons. The van der Waals surface area contributed by atoms with Crippen molar-refractivity contribution in [2.75, 3.05) is 11.1 Å². The highest BCUT2D eigenvalue weighted by molar-refractivity contribution is 7.89. The van der Waals surface area contributed by atoms with Crippen molar-refractivity contribution in [3.63, 3.8) is 0 Å². The van der Waals surface area contributed by atoms with Gasteiger partial charge in [-0.05, 0) is 31.2 Å². The molecule has 1 aromatic carbocycles. The first-order valence-electron chi connectivity index (χ1n) is 7.89. The number of rotatable bonds is 6. The van der Waals surface area contributed by atoms with Crippen molar-refractivity contribution in [1.82, 2.24) is 19.2 Å². The van der Waals surface area contributed by atoms with E-state index in [2.05, 4.69) is 25.1 Å². The molecule has 0 atom stereocenters. The molecule has 0 aliphatic rings. The van der Waals surface area contributed by atoms with Gasteiger partial charge in [-0.3, -0.25) is 0 Å². The highest BCUT2D eigenvalue weighted by atomic mass is 32.2. The van der Waals surface area contributed by atoms with Crippen LogP contribution in [0.2, 0.25) is 0 Å².